The number of carbonyl (C=O) groups excluding carboxylic acids is 1. The molecule has 162 valence electrons. The summed E-state index contributed by atoms with van der Waals surface area (Å²) in [6.07, 6.45) is 3.58. The lowest BCUT2D eigenvalue weighted by atomic mass is 9.86. The minimum absolute atomic E-state index is 0.0313. The van der Waals surface area contributed by atoms with Gasteiger partial charge in [0.15, 0.2) is 17.5 Å². The number of ether oxygens (including phenoxy) is 3. The highest BCUT2D eigenvalue weighted by Gasteiger charge is 2.27. The quantitative estimate of drug-likeness (QED) is 0.373. The van der Waals surface area contributed by atoms with Crippen molar-refractivity contribution < 1.29 is 19.0 Å². The number of nitrogens with one attached hydrogen (secondary N) is 2. The standard InChI is InChI=1S/C22H35N3O4/c1-5-23-22(25-18-11-9-17(10-12-18)21(26)29-7-3)24-15-16-8-13-19(27-4)20(14-16)28-6-2/h8,13-14,17-18H,5-7,9-12,15H2,1-4H3,(H2,23,24,25). The molecule has 1 fully saturated rings. The van der Waals surface area contributed by atoms with E-state index in [9.17, 15) is 4.79 Å². The summed E-state index contributed by atoms with van der Waals surface area (Å²) in [6, 6.07) is 6.19. The summed E-state index contributed by atoms with van der Waals surface area (Å²) in [7, 11) is 1.64. The van der Waals surface area contributed by atoms with Crippen molar-refractivity contribution in [3.63, 3.8) is 0 Å². The van der Waals surface area contributed by atoms with Gasteiger partial charge >= 0.3 is 5.97 Å². The van der Waals surface area contributed by atoms with Crippen LogP contribution in [-0.2, 0) is 16.1 Å². The third-order valence-corrected chi connectivity index (χ3v) is 4.98. The Morgan fingerprint density at radius 3 is 2.48 bits per heavy atom. The highest BCUT2D eigenvalue weighted by atomic mass is 16.5. The molecule has 0 spiro atoms. The molecule has 2 N–H and O–H groups in total. The van der Waals surface area contributed by atoms with E-state index in [1.807, 2.05) is 32.0 Å². The van der Waals surface area contributed by atoms with Gasteiger partial charge in [0, 0.05) is 12.6 Å². The van der Waals surface area contributed by atoms with E-state index in [4.69, 9.17) is 19.2 Å². The summed E-state index contributed by atoms with van der Waals surface area (Å²) in [5, 5.41) is 6.82. The highest BCUT2D eigenvalue weighted by Crippen LogP contribution is 2.28. The number of rotatable bonds is 9. The van der Waals surface area contributed by atoms with Crippen molar-refractivity contribution >= 4 is 11.9 Å². The van der Waals surface area contributed by atoms with E-state index in [0.717, 1.165) is 55.3 Å². The molecule has 0 radical (unpaired) electrons. The largest absolute Gasteiger partial charge is 0.493 e. The molecule has 7 heteroatoms. The zero-order valence-corrected chi connectivity index (χ0v) is 18.1. The lowest BCUT2D eigenvalue weighted by molar-refractivity contribution is -0.149. The first-order chi connectivity index (χ1) is 14.1. The molecule has 0 atom stereocenters. The molecular formula is C22H35N3O4. The topological polar surface area (TPSA) is 81.2 Å². The fourth-order valence-electron chi connectivity index (χ4n) is 3.51. The average Bonchev–Trinajstić information content (AvgIpc) is 2.73. The molecule has 1 aliphatic rings. The van der Waals surface area contributed by atoms with E-state index in [0.29, 0.717) is 25.8 Å². The smallest absolute Gasteiger partial charge is 0.308 e. The van der Waals surface area contributed by atoms with Crippen LogP contribution in [0.3, 0.4) is 0 Å². The zero-order chi connectivity index (χ0) is 21.1. The molecule has 2 rings (SSSR count). The predicted octanol–water partition coefficient (Wildman–Crippen LogP) is 3.27. The molecule has 7 nitrogen and oxygen atoms in total. The second-order valence-electron chi connectivity index (χ2n) is 7.06. The minimum atomic E-state index is -0.0591. The Morgan fingerprint density at radius 2 is 1.86 bits per heavy atom. The van der Waals surface area contributed by atoms with Gasteiger partial charge in [0.1, 0.15) is 0 Å². The van der Waals surface area contributed by atoms with Gasteiger partial charge in [-0.15, -0.1) is 0 Å². The summed E-state index contributed by atoms with van der Waals surface area (Å²) >= 11 is 0. The number of benzene rings is 1. The molecule has 1 aliphatic carbocycles. The Morgan fingerprint density at radius 1 is 1.10 bits per heavy atom. The molecule has 0 saturated heterocycles. The van der Waals surface area contributed by atoms with Gasteiger partial charge in [-0.25, -0.2) is 4.99 Å². The number of aliphatic imine (C=N–C) groups is 1. The fraction of sp³-hybridized carbons (Fsp3) is 0.636. The van der Waals surface area contributed by atoms with E-state index in [-0.39, 0.29) is 11.9 Å². The first-order valence-corrected chi connectivity index (χ1v) is 10.6. The van der Waals surface area contributed by atoms with Crippen LogP contribution >= 0.6 is 0 Å². The number of nitrogens with zero attached hydrogens (tertiary/aromatic N) is 1. The predicted molar refractivity (Wildman–Crippen MR) is 114 cm³/mol. The maximum atomic E-state index is 11.9. The van der Waals surface area contributed by atoms with Crippen molar-refractivity contribution in [1.29, 1.82) is 0 Å². The van der Waals surface area contributed by atoms with Gasteiger partial charge in [0.25, 0.3) is 0 Å². The summed E-state index contributed by atoms with van der Waals surface area (Å²) in [5.74, 6) is 2.22. The molecular weight excluding hydrogens is 370 g/mol. The van der Waals surface area contributed by atoms with Gasteiger partial charge in [-0.05, 0) is 64.2 Å². The molecule has 0 aliphatic heterocycles. The summed E-state index contributed by atoms with van der Waals surface area (Å²) in [6.45, 7) is 8.22. The van der Waals surface area contributed by atoms with Crippen molar-refractivity contribution in [1.82, 2.24) is 10.6 Å². The van der Waals surface area contributed by atoms with Gasteiger partial charge in [0.2, 0.25) is 0 Å². The second kappa shape index (κ2) is 12.2. The SMILES string of the molecule is CCNC(=NCc1ccc(OC)c(OCC)c1)NC1CCC(C(=O)OCC)CC1. The summed E-state index contributed by atoms with van der Waals surface area (Å²) in [4.78, 5) is 16.6. The van der Waals surface area contributed by atoms with Crippen LogP contribution in [-0.4, -0.2) is 44.8 Å². The van der Waals surface area contributed by atoms with Crippen molar-refractivity contribution in [3.05, 3.63) is 23.8 Å². The van der Waals surface area contributed by atoms with Crippen LogP contribution in [0, 0.1) is 5.92 Å². The first-order valence-electron chi connectivity index (χ1n) is 10.6. The van der Waals surface area contributed by atoms with Crippen molar-refractivity contribution in [2.45, 2.75) is 59.0 Å². The van der Waals surface area contributed by atoms with Crippen LogP contribution in [0.25, 0.3) is 0 Å². The fourth-order valence-corrected chi connectivity index (χ4v) is 3.51. The van der Waals surface area contributed by atoms with Crippen molar-refractivity contribution in [2.75, 3.05) is 26.9 Å². The van der Waals surface area contributed by atoms with Gasteiger partial charge in [-0.3, -0.25) is 4.79 Å². The van der Waals surface area contributed by atoms with E-state index >= 15 is 0 Å². The van der Waals surface area contributed by atoms with Crippen LogP contribution in [0.2, 0.25) is 0 Å². The molecule has 1 aromatic rings. The molecule has 0 aromatic heterocycles. The number of esters is 1. The maximum absolute atomic E-state index is 11.9. The third kappa shape index (κ3) is 7.15. The molecule has 1 saturated carbocycles. The number of hydrogen-bond donors (Lipinski definition) is 2. The normalized spacial score (nSPS) is 19.4. The van der Waals surface area contributed by atoms with Crippen LogP contribution < -0.4 is 20.1 Å². The molecule has 0 amide bonds. The van der Waals surface area contributed by atoms with E-state index in [1.165, 1.54) is 0 Å². The maximum Gasteiger partial charge on any atom is 0.308 e. The zero-order valence-electron chi connectivity index (χ0n) is 18.1. The molecule has 29 heavy (non-hydrogen) atoms. The van der Waals surface area contributed by atoms with Gasteiger partial charge < -0.3 is 24.8 Å². The van der Waals surface area contributed by atoms with Gasteiger partial charge in [0.05, 0.1) is 32.8 Å². The summed E-state index contributed by atoms with van der Waals surface area (Å²) < 4.78 is 16.1. The van der Waals surface area contributed by atoms with Crippen LogP contribution in [0.15, 0.2) is 23.2 Å². The van der Waals surface area contributed by atoms with Gasteiger partial charge in [-0.2, -0.15) is 0 Å². The Hall–Kier alpha value is -2.44. The van der Waals surface area contributed by atoms with Crippen LogP contribution in [0.1, 0.15) is 52.0 Å². The summed E-state index contributed by atoms with van der Waals surface area (Å²) in [5.41, 5.74) is 1.05. The van der Waals surface area contributed by atoms with Crippen LogP contribution in [0.4, 0.5) is 0 Å². The van der Waals surface area contributed by atoms with Gasteiger partial charge in [-0.1, -0.05) is 6.07 Å². The van der Waals surface area contributed by atoms with Crippen LogP contribution in [0.5, 0.6) is 11.5 Å². The Bertz CT molecular complexity index is 670. The minimum Gasteiger partial charge on any atom is -0.493 e. The Kier molecular flexibility index (Phi) is 9.60. The third-order valence-electron chi connectivity index (χ3n) is 4.98. The number of hydrogen-bond acceptors (Lipinski definition) is 5. The lowest BCUT2D eigenvalue weighted by Crippen LogP contribution is -2.45. The highest BCUT2D eigenvalue weighted by molar-refractivity contribution is 5.80. The van der Waals surface area contributed by atoms with E-state index < -0.39 is 0 Å². The lowest BCUT2D eigenvalue weighted by Gasteiger charge is -2.29. The number of carbonyl (C=O) groups is 1. The van der Waals surface area contributed by atoms with E-state index in [2.05, 4.69) is 17.6 Å². The first kappa shape index (κ1) is 22.8. The molecule has 0 unspecified atom stereocenters. The van der Waals surface area contributed by atoms with E-state index in [1.54, 1.807) is 7.11 Å². The Labute approximate surface area is 174 Å². The van der Waals surface area contributed by atoms with Crippen molar-refractivity contribution in [3.8, 4) is 11.5 Å². The molecule has 1 aromatic carbocycles. The monoisotopic (exact) mass is 405 g/mol. The molecule has 0 heterocycles. The second-order valence-corrected chi connectivity index (χ2v) is 7.06. The van der Waals surface area contributed by atoms with Crippen molar-refractivity contribution in [2.24, 2.45) is 10.9 Å². The molecule has 0 bridgehead atoms. The average molecular weight is 406 g/mol. The number of guanidine groups is 1. The Balaban J connectivity index is 1.95. The number of methoxy groups -OCH3 is 1.